The number of alkyl halides is 6. The van der Waals surface area contributed by atoms with Crippen molar-refractivity contribution in [1.29, 1.82) is 0 Å². The number of hydrogen-bond acceptors (Lipinski definition) is 1. The third kappa shape index (κ3) is 5.21. The molecule has 0 saturated heterocycles. The summed E-state index contributed by atoms with van der Waals surface area (Å²) in [5.41, 5.74) is -3.65. The van der Waals surface area contributed by atoms with E-state index < -0.39 is 37.0 Å². The van der Waals surface area contributed by atoms with E-state index in [9.17, 15) is 31.1 Å². The Labute approximate surface area is 139 Å². The summed E-state index contributed by atoms with van der Waals surface area (Å²) in [7, 11) is -3.77. The van der Waals surface area contributed by atoms with Crippen molar-refractivity contribution >= 4 is 36.6 Å². The Morgan fingerprint density at radius 3 is 1.70 bits per heavy atom. The van der Waals surface area contributed by atoms with Crippen LogP contribution in [0.15, 0.2) is 18.2 Å². The van der Waals surface area contributed by atoms with Gasteiger partial charge in [0, 0.05) is 0 Å². The van der Waals surface area contributed by atoms with Crippen LogP contribution >= 0.6 is 0 Å². The molecule has 1 aromatic rings. The van der Waals surface area contributed by atoms with Crippen molar-refractivity contribution in [3.8, 4) is 0 Å². The van der Waals surface area contributed by atoms with Gasteiger partial charge in [0.05, 0.1) is 11.1 Å². The number of halogens is 7. The minimum atomic E-state index is -5.20. The first kappa shape index (κ1) is 22.5. The van der Waals surface area contributed by atoms with Crippen molar-refractivity contribution in [2.75, 3.05) is 0 Å². The van der Waals surface area contributed by atoms with Gasteiger partial charge in [0.25, 0.3) is 0 Å². The van der Waals surface area contributed by atoms with Crippen LogP contribution < -0.4 is 27.0 Å². The van der Waals surface area contributed by atoms with E-state index in [0.29, 0.717) is 6.07 Å². The molecule has 0 atom stereocenters. The second-order valence-electron chi connectivity index (χ2n) is 4.23. The van der Waals surface area contributed by atoms with Gasteiger partial charge in [-0.05, 0) is 14.4 Å². The second-order valence-corrected chi connectivity index (χ2v) is 7.79. The van der Waals surface area contributed by atoms with E-state index in [1.165, 1.54) is 0 Å². The summed E-state index contributed by atoms with van der Waals surface area (Å²) in [4.78, 5) is 11.7. The fourth-order valence-corrected chi connectivity index (χ4v) is 2.97. The molecule has 10 heteroatoms. The Hall–Kier alpha value is 0.223. The van der Waals surface area contributed by atoms with E-state index in [2.05, 4.69) is 0 Å². The first-order chi connectivity index (χ1) is 7.85. The Morgan fingerprint density at radius 2 is 1.40 bits per heavy atom. The van der Waals surface area contributed by atoms with Crippen LogP contribution in [0.3, 0.4) is 0 Å². The van der Waals surface area contributed by atoms with Gasteiger partial charge in [0.1, 0.15) is 0 Å². The number of hydrogen-bond donors (Lipinski definition) is 0. The molecule has 0 spiro atoms. The molecule has 0 aliphatic carbocycles. The second kappa shape index (κ2) is 6.99. The van der Waals surface area contributed by atoms with Crippen molar-refractivity contribution in [2.45, 2.75) is 25.4 Å². The van der Waals surface area contributed by atoms with Crippen LogP contribution in [-0.4, -0.2) is 31.4 Å². The monoisotopic (exact) mass is 390 g/mol. The quantitative estimate of drug-likeness (QED) is 0.451. The molecular formula is C10H9BrF6MgOSi. The molecular weight excluding hydrogens is 382 g/mol. The average molecular weight is 391 g/mol. The van der Waals surface area contributed by atoms with Crippen LogP contribution in [0.2, 0.25) is 13.1 Å². The molecule has 0 unspecified atom stereocenters. The van der Waals surface area contributed by atoms with E-state index in [1.54, 1.807) is 0 Å². The molecule has 1 rings (SSSR count). The van der Waals surface area contributed by atoms with Crippen LogP contribution in [0.1, 0.15) is 11.1 Å². The summed E-state index contributed by atoms with van der Waals surface area (Å²) < 4.78 is 75.9. The Bertz CT molecular complexity index is 422. The zero-order valence-electron chi connectivity index (χ0n) is 10.5. The fourth-order valence-electron chi connectivity index (χ4n) is 1.60. The molecule has 0 aliphatic heterocycles. The van der Waals surface area contributed by atoms with Crippen molar-refractivity contribution in [1.82, 2.24) is 0 Å². The molecule has 1 aromatic carbocycles. The Kier molecular flexibility index (Phi) is 7.86. The molecule has 20 heavy (non-hydrogen) atoms. The third-order valence-electron chi connectivity index (χ3n) is 2.30. The van der Waals surface area contributed by atoms with E-state index >= 15 is 0 Å². The molecule has 110 valence electrons. The standard InChI is InChI=1S/C10H9F6OSi.BrH.Mg/c1-18(2,17)7-5-3-4-6(9(11,12)13)8(7)10(14,15)16;;/h3-5H,1-2H3;1H;/q-1;;+2/p-1. The molecule has 1 nitrogen and oxygen atoms in total. The maximum absolute atomic E-state index is 12.8. The van der Waals surface area contributed by atoms with Gasteiger partial charge in [-0.2, -0.15) is 26.3 Å². The first-order valence-electron chi connectivity index (χ1n) is 4.83. The normalized spacial score (nSPS) is 12.4. The molecule has 0 bridgehead atoms. The van der Waals surface area contributed by atoms with Crippen molar-refractivity contribution in [3.05, 3.63) is 29.3 Å². The van der Waals surface area contributed by atoms with E-state index in [4.69, 9.17) is 0 Å². The van der Waals surface area contributed by atoms with Gasteiger partial charge < -0.3 is 21.8 Å². The summed E-state index contributed by atoms with van der Waals surface area (Å²) in [5, 5.41) is -0.773. The van der Waals surface area contributed by atoms with Gasteiger partial charge in [-0.25, -0.2) is 0 Å². The molecule has 0 aliphatic rings. The third-order valence-corrected chi connectivity index (χ3v) is 4.02. The molecule has 0 aromatic heterocycles. The maximum atomic E-state index is 12.8. The predicted molar refractivity (Wildman–Crippen MR) is 59.3 cm³/mol. The zero-order chi connectivity index (χ0) is 14.4. The molecule has 0 saturated carbocycles. The van der Waals surface area contributed by atoms with Crippen molar-refractivity contribution < 1.29 is 48.1 Å². The minimum absolute atomic E-state index is 0. The summed E-state index contributed by atoms with van der Waals surface area (Å²) in [5.74, 6) is 0. The Balaban J connectivity index is 0. The van der Waals surface area contributed by atoms with Gasteiger partial charge >= 0.3 is 35.4 Å². The number of benzene rings is 1. The molecule has 0 fully saturated rings. The van der Waals surface area contributed by atoms with Gasteiger partial charge in [0.15, 0.2) is 0 Å². The van der Waals surface area contributed by atoms with Crippen LogP contribution in [0, 0.1) is 0 Å². The minimum Gasteiger partial charge on any atom is -1.00 e. The molecule has 0 radical (unpaired) electrons. The summed E-state index contributed by atoms with van der Waals surface area (Å²) in [6.45, 7) is 2.05. The van der Waals surface area contributed by atoms with E-state index in [1.807, 2.05) is 0 Å². The summed E-state index contributed by atoms with van der Waals surface area (Å²) in [6.07, 6.45) is -10.3. The number of rotatable bonds is 1. The SMILES string of the molecule is C[Si](C)([O-])c1cccc(C(F)(F)F)c1C(F)(F)F.[Br-].[Mg+2]. The van der Waals surface area contributed by atoms with Crippen LogP contribution in [0.25, 0.3) is 0 Å². The van der Waals surface area contributed by atoms with Crippen molar-refractivity contribution in [3.63, 3.8) is 0 Å². The van der Waals surface area contributed by atoms with Crippen LogP contribution in [0.5, 0.6) is 0 Å². The van der Waals surface area contributed by atoms with Crippen LogP contribution in [-0.2, 0) is 12.4 Å². The predicted octanol–water partition coefficient (Wildman–Crippen LogP) is -0.880. The largest absolute Gasteiger partial charge is 2.00 e. The maximum Gasteiger partial charge on any atom is 2.00 e. The zero-order valence-corrected chi connectivity index (χ0v) is 14.5. The fraction of sp³-hybridized carbons (Fsp3) is 0.400. The van der Waals surface area contributed by atoms with Gasteiger partial charge in [0.2, 0.25) is 0 Å². The average Bonchev–Trinajstić information content (AvgIpc) is 2.12. The topological polar surface area (TPSA) is 23.1 Å². The Morgan fingerprint density at radius 1 is 0.950 bits per heavy atom. The van der Waals surface area contributed by atoms with Crippen molar-refractivity contribution in [2.24, 2.45) is 0 Å². The van der Waals surface area contributed by atoms with Gasteiger partial charge in [-0.1, -0.05) is 30.4 Å². The molecule has 0 amide bonds. The molecule has 0 N–H and O–H groups in total. The van der Waals surface area contributed by atoms with Crippen LogP contribution in [0.4, 0.5) is 26.3 Å². The summed E-state index contributed by atoms with van der Waals surface area (Å²) in [6, 6.07) is 2.00. The van der Waals surface area contributed by atoms with Gasteiger partial charge in [-0.15, -0.1) is 0 Å². The first-order valence-corrected chi connectivity index (χ1v) is 7.74. The van der Waals surface area contributed by atoms with E-state index in [-0.39, 0.29) is 40.0 Å². The summed E-state index contributed by atoms with van der Waals surface area (Å²) >= 11 is 0. The smallest absolute Gasteiger partial charge is 1.00 e. The van der Waals surface area contributed by atoms with Gasteiger partial charge in [-0.3, -0.25) is 0 Å². The van der Waals surface area contributed by atoms with E-state index in [0.717, 1.165) is 25.2 Å². The molecule has 0 heterocycles.